The molecule has 1 fully saturated rings. The zero-order valence-corrected chi connectivity index (χ0v) is 9.26. The van der Waals surface area contributed by atoms with E-state index in [1.807, 2.05) is 5.06 Å². The molecule has 1 aliphatic heterocycles. The smallest absolute Gasteiger partial charge is 0.250 e. The molecule has 0 aromatic carbocycles. The molecule has 1 aliphatic rings. The third-order valence-electron chi connectivity index (χ3n) is 2.67. The van der Waals surface area contributed by atoms with Gasteiger partial charge in [0.1, 0.15) is 0 Å². The maximum Gasteiger partial charge on any atom is 0.250 e. The van der Waals surface area contributed by atoms with Gasteiger partial charge < -0.3 is 10.3 Å². The molecule has 2 heterocycles. The fourth-order valence-corrected chi connectivity index (χ4v) is 1.77. The zero-order chi connectivity index (χ0) is 11.4. The number of hydrogen-bond acceptors (Lipinski definition) is 4. The van der Waals surface area contributed by atoms with E-state index in [-0.39, 0.29) is 5.56 Å². The first kappa shape index (κ1) is 11.2. The van der Waals surface area contributed by atoms with Crippen molar-refractivity contribution in [1.82, 2.24) is 9.63 Å². The Labute approximate surface area is 94.4 Å². The van der Waals surface area contributed by atoms with E-state index < -0.39 is 0 Å². The summed E-state index contributed by atoms with van der Waals surface area (Å²) in [7, 11) is 0. The summed E-state index contributed by atoms with van der Waals surface area (Å²) in [5.74, 6) is 0. The SMILES string of the molecule is Nc1ccc(=O)n(CCN2CCCCO2)c1. The molecule has 16 heavy (non-hydrogen) atoms. The standard InChI is InChI=1S/C11H17N3O2/c12-10-3-4-11(15)13(9-10)6-7-14-5-1-2-8-16-14/h3-4,9H,1-2,5-8,12H2. The van der Waals surface area contributed by atoms with Gasteiger partial charge in [0.25, 0.3) is 5.56 Å². The largest absolute Gasteiger partial charge is 0.398 e. The second kappa shape index (κ2) is 5.14. The first-order valence-electron chi connectivity index (χ1n) is 5.59. The van der Waals surface area contributed by atoms with Gasteiger partial charge in [-0.15, -0.1) is 0 Å². The lowest BCUT2D eigenvalue weighted by atomic mass is 10.3. The molecule has 1 aromatic rings. The maximum absolute atomic E-state index is 11.5. The predicted molar refractivity (Wildman–Crippen MR) is 61.9 cm³/mol. The van der Waals surface area contributed by atoms with Crippen LogP contribution in [0.3, 0.4) is 0 Å². The number of hydrogen-bond donors (Lipinski definition) is 1. The molecule has 0 spiro atoms. The topological polar surface area (TPSA) is 60.5 Å². The van der Waals surface area contributed by atoms with Gasteiger partial charge in [-0.25, -0.2) is 0 Å². The van der Waals surface area contributed by atoms with Crippen molar-refractivity contribution < 1.29 is 4.84 Å². The average molecular weight is 223 g/mol. The summed E-state index contributed by atoms with van der Waals surface area (Å²) in [6.07, 6.45) is 3.95. The first-order valence-corrected chi connectivity index (χ1v) is 5.59. The van der Waals surface area contributed by atoms with Gasteiger partial charge in [0.15, 0.2) is 0 Å². The molecular formula is C11H17N3O2. The Morgan fingerprint density at radius 1 is 1.31 bits per heavy atom. The summed E-state index contributed by atoms with van der Waals surface area (Å²) in [6, 6.07) is 3.11. The third-order valence-corrected chi connectivity index (χ3v) is 2.67. The summed E-state index contributed by atoms with van der Waals surface area (Å²) in [6.45, 7) is 3.07. The molecule has 88 valence electrons. The summed E-state index contributed by atoms with van der Waals surface area (Å²) < 4.78 is 1.62. The van der Waals surface area contributed by atoms with Crippen LogP contribution in [0.15, 0.2) is 23.1 Å². The fraction of sp³-hybridized carbons (Fsp3) is 0.545. The van der Waals surface area contributed by atoms with Gasteiger partial charge in [-0.2, -0.15) is 5.06 Å². The molecular weight excluding hydrogens is 206 g/mol. The second-order valence-electron chi connectivity index (χ2n) is 3.96. The molecule has 0 bridgehead atoms. The molecule has 0 saturated carbocycles. The minimum Gasteiger partial charge on any atom is -0.398 e. The summed E-state index contributed by atoms with van der Waals surface area (Å²) >= 11 is 0. The normalized spacial score (nSPS) is 17.5. The highest BCUT2D eigenvalue weighted by Crippen LogP contribution is 2.05. The fourth-order valence-electron chi connectivity index (χ4n) is 1.77. The van der Waals surface area contributed by atoms with Crippen molar-refractivity contribution in [3.63, 3.8) is 0 Å². The lowest BCUT2D eigenvalue weighted by Crippen LogP contribution is -2.34. The predicted octanol–water partition coefficient (Wildman–Crippen LogP) is 0.458. The van der Waals surface area contributed by atoms with Crippen LogP contribution >= 0.6 is 0 Å². The van der Waals surface area contributed by atoms with Crippen molar-refractivity contribution in [3.05, 3.63) is 28.7 Å². The number of anilines is 1. The number of hydroxylamine groups is 2. The highest BCUT2D eigenvalue weighted by molar-refractivity contribution is 5.33. The van der Waals surface area contributed by atoms with Gasteiger partial charge >= 0.3 is 0 Å². The number of pyridine rings is 1. The monoisotopic (exact) mass is 223 g/mol. The molecule has 0 amide bonds. The molecule has 5 nitrogen and oxygen atoms in total. The van der Waals surface area contributed by atoms with Crippen LogP contribution in [-0.4, -0.2) is 29.3 Å². The van der Waals surface area contributed by atoms with Gasteiger partial charge in [0.05, 0.1) is 6.61 Å². The van der Waals surface area contributed by atoms with Crippen LogP contribution < -0.4 is 11.3 Å². The molecule has 5 heteroatoms. The van der Waals surface area contributed by atoms with E-state index in [1.54, 1.807) is 16.8 Å². The van der Waals surface area contributed by atoms with Crippen LogP contribution in [0.1, 0.15) is 12.8 Å². The van der Waals surface area contributed by atoms with Crippen LogP contribution in [0.2, 0.25) is 0 Å². The average Bonchev–Trinajstić information content (AvgIpc) is 2.32. The van der Waals surface area contributed by atoms with Crippen molar-refractivity contribution in [3.8, 4) is 0 Å². The first-order chi connectivity index (χ1) is 7.75. The number of nitrogens with two attached hydrogens (primary N) is 1. The Hall–Kier alpha value is -1.33. The van der Waals surface area contributed by atoms with E-state index >= 15 is 0 Å². The Morgan fingerprint density at radius 3 is 2.94 bits per heavy atom. The summed E-state index contributed by atoms with van der Waals surface area (Å²) in [4.78, 5) is 16.9. The van der Waals surface area contributed by atoms with E-state index in [0.29, 0.717) is 12.2 Å². The van der Waals surface area contributed by atoms with Crippen molar-refractivity contribution in [2.45, 2.75) is 19.4 Å². The Morgan fingerprint density at radius 2 is 2.19 bits per heavy atom. The van der Waals surface area contributed by atoms with Crippen LogP contribution in [0.4, 0.5) is 5.69 Å². The highest BCUT2D eigenvalue weighted by Gasteiger charge is 2.10. The van der Waals surface area contributed by atoms with Crippen molar-refractivity contribution in [2.75, 3.05) is 25.4 Å². The Kier molecular flexibility index (Phi) is 3.58. The van der Waals surface area contributed by atoms with Gasteiger partial charge in [-0.3, -0.25) is 9.63 Å². The Balaban J connectivity index is 1.93. The quantitative estimate of drug-likeness (QED) is 0.808. The van der Waals surface area contributed by atoms with Crippen LogP contribution in [0.5, 0.6) is 0 Å². The van der Waals surface area contributed by atoms with Gasteiger partial charge in [-0.05, 0) is 18.9 Å². The molecule has 0 unspecified atom stereocenters. The van der Waals surface area contributed by atoms with Crippen molar-refractivity contribution >= 4 is 5.69 Å². The minimum atomic E-state index is -0.0220. The van der Waals surface area contributed by atoms with E-state index in [2.05, 4.69) is 0 Å². The summed E-state index contributed by atoms with van der Waals surface area (Å²) in [5.41, 5.74) is 6.22. The number of nitrogens with zero attached hydrogens (tertiary/aromatic N) is 2. The molecule has 1 saturated heterocycles. The van der Waals surface area contributed by atoms with Crippen LogP contribution in [0, 0.1) is 0 Å². The lowest BCUT2D eigenvalue weighted by Gasteiger charge is -2.26. The molecule has 0 atom stereocenters. The van der Waals surface area contributed by atoms with Gasteiger partial charge in [-0.1, -0.05) is 0 Å². The molecule has 0 radical (unpaired) electrons. The van der Waals surface area contributed by atoms with Gasteiger partial charge in [0.2, 0.25) is 0 Å². The number of nitrogen functional groups attached to an aromatic ring is 1. The van der Waals surface area contributed by atoms with E-state index in [9.17, 15) is 4.79 Å². The molecule has 2 N–H and O–H groups in total. The van der Waals surface area contributed by atoms with Crippen LogP contribution in [-0.2, 0) is 11.4 Å². The lowest BCUT2D eigenvalue weighted by molar-refractivity contribution is -0.181. The van der Waals surface area contributed by atoms with Crippen molar-refractivity contribution in [2.24, 2.45) is 0 Å². The van der Waals surface area contributed by atoms with E-state index in [1.165, 1.54) is 6.07 Å². The Bertz CT molecular complexity index is 396. The van der Waals surface area contributed by atoms with E-state index in [4.69, 9.17) is 10.6 Å². The maximum atomic E-state index is 11.5. The second-order valence-corrected chi connectivity index (χ2v) is 3.96. The molecule has 0 aliphatic carbocycles. The molecule has 2 rings (SSSR count). The van der Waals surface area contributed by atoms with Crippen molar-refractivity contribution in [1.29, 1.82) is 0 Å². The van der Waals surface area contributed by atoms with Gasteiger partial charge in [0, 0.05) is 37.6 Å². The number of aromatic nitrogens is 1. The molecule has 1 aromatic heterocycles. The summed E-state index contributed by atoms with van der Waals surface area (Å²) in [5, 5.41) is 1.92. The highest BCUT2D eigenvalue weighted by atomic mass is 16.7. The third kappa shape index (κ3) is 2.84. The zero-order valence-electron chi connectivity index (χ0n) is 9.26. The minimum absolute atomic E-state index is 0.0220. The van der Waals surface area contributed by atoms with Crippen LogP contribution in [0.25, 0.3) is 0 Å². The van der Waals surface area contributed by atoms with E-state index in [0.717, 1.165) is 32.5 Å². The number of rotatable bonds is 3.